The van der Waals surface area contributed by atoms with Crippen molar-refractivity contribution in [2.45, 2.75) is 25.3 Å². The minimum atomic E-state index is -0.815. The topological polar surface area (TPSA) is 77.5 Å². The Morgan fingerprint density at radius 2 is 1.58 bits per heavy atom. The van der Waals surface area contributed by atoms with Crippen molar-refractivity contribution in [2.24, 2.45) is 0 Å². The van der Waals surface area contributed by atoms with Gasteiger partial charge in [0.15, 0.2) is 23.0 Å². The van der Waals surface area contributed by atoms with Crippen LogP contribution in [0.4, 0.5) is 0 Å². The van der Waals surface area contributed by atoms with E-state index in [2.05, 4.69) is 11.0 Å². The second kappa shape index (κ2) is 8.41. The molecule has 7 heteroatoms. The Hall–Kier alpha value is -3.35. The highest BCUT2D eigenvalue weighted by atomic mass is 16.5. The molecule has 0 amide bonds. The first-order chi connectivity index (χ1) is 15.0. The van der Waals surface area contributed by atoms with E-state index >= 15 is 0 Å². The first kappa shape index (κ1) is 20.9. The maximum Gasteiger partial charge on any atom is 0.303 e. The number of methoxy groups -OCH3 is 4. The quantitative estimate of drug-likeness (QED) is 0.728. The van der Waals surface area contributed by atoms with Crippen molar-refractivity contribution >= 4 is 17.7 Å². The zero-order chi connectivity index (χ0) is 22.1. The zero-order valence-corrected chi connectivity index (χ0v) is 18.2. The van der Waals surface area contributed by atoms with Crippen LogP contribution in [-0.2, 0) is 11.2 Å². The summed E-state index contributed by atoms with van der Waals surface area (Å²) in [6.07, 6.45) is 3.53. The third-order valence-corrected chi connectivity index (χ3v) is 6.05. The maximum absolute atomic E-state index is 11.4. The summed E-state index contributed by atoms with van der Waals surface area (Å²) < 4.78 is 22.0. The molecule has 164 valence electrons. The van der Waals surface area contributed by atoms with Gasteiger partial charge in [-0.15, -0.1) is 0 Å². The number of fused-ring (bicyclic) bond motifs is 4. The second-order valence-corrected chi connectivity index (χ2v) is 7.60. The summed E-state index contributed by atoms with van der Waals surface area (Å²) in [5, 5.41) is 11.3. The Morgan fingerprint density at radius 3 is 2.23 bits per heavy atom. The molecule has 0 radical (unpaired) electrons. The average Bonchev–Trinajstić information content (AvgIpc) is 2.79. The first-order valence-corrected chi connectivity index (χ1v) is 10.2. The zero-order valence-electron chi connectivity index (χ0n) is 18.2. The van der Waals surface area contributed by atoms with Gasteiger partial charge in [-0.05, 0) is 59.5 Å². The summed E-state index contributed by atoms with van der Waals surface area (Å²) >= 11 is 0. The fourth-order valence-corrected chi connectivity index (χ4v) is 4.57. The van der Waals surface area contributed by atoms with Crippen molar-refractivity contribution in [1.29, 1.82) is 0 Å². The predicted octanol–water partition coefficient (Wildman–Crippen LogP) is 2.09. The smallest absolute Gasteiger partial charge is 0.303 e. The molecule has 4 rings (SSSR count). The van der Waals surface area contributed by atoms with Crippen LogP contribution in [0.15, 0.2) is 24.3 Å². The fourth-order valence-electron chi connectivity index (χ4n) is 4.57. The van der Waals surface area contributed by atoms with E-state index in [4.69, 9.17) is 18.9 Å². The van der Waals surface area contributed by atoms with Crippen molar-refractivity contribution in [3.05, 3.63) is 45.8 Å². The number of hydrogen-bond donors (Lipinski definition) is 1. The van der Waals surface area contributed by atoms with Crippen molar-refractivity contribution < 1.29 is 28.8 Å². The molecule has 0 fully saturated rings. The number of rotatable bonds is 7. The minimum Gasteiger partial charge on any atom is -0.493 e. The van der Waals surface area contributed by atoms with Gasteiger partial charge in [-0.25, -0.2) is 0 Å². The van der Waals surface area contributed by atoms with Crippen LogP contribution in [0.1, 0.15) is 30.0 Å². The third-order valence-electron chi connectivity index (χ3n) is 6.05. The second-order valence-electron chi connectivity index (χ2n) is 7.60. The number of benzene rings is 2. The standard InChI is InChI=1S/C24H27NO6/c1-28-20-10-14-7-8-25-18(5-6-24(26)27)17-13-23(31-4)21(29-2)11-15(17)9-19(25)16(14)12-22(20)30-3/h9-13,19H,5-8H2,1-4H3,(H,26,27). The van der Waals surface area contributed by atoms with Crippen LogP contribution in [0.5, 0.6) is 23.0 Å². The van der Waals surface area contributed by atoms with Crippen molar-refractivity contribution in [1.82, 2.24) is 4.90 Å². The van der Waals surface area contributed by atoms with Crippen LogP contribution in [0.2, 0.25) is 0 Å². The van der Waals surface area contributed by atoms with E-state index in [0.29, 0.717) is 29.4 Å². The van der Waals surface area contributed by atoms with Gasteiger partial charge in [0.05, 0.1) is 40.9 Å². The molecule has 1 N–H and O–H groups in total. The largest absolute Gasteiger partial charge is 0.493 e. The van der Waals surface area contributed by atoms with Crippen LogP contribution in [0.3, 0.4) is 0 Å². The highest BCUT2D eigenvalue weighted by molar-refractivity contribution is 5.70. The summed E-state index contributed by atoms with van der Waals surface area (Å²) in [6.45, 7) is 0.784. The number of hydrogen-bond acceptors (Lipinski definition) is 6. The van der Waals surface area contributed by atoms with E-state index in [1.807, 2.05) is 24.3 Å². The molecule has 1 atom stereocenters. The van der Waals surface area contributed by atoms with Gasteiger partial charge in [0.2, 0.25) is 0 Å². The number of carbonyl (C=O) groups is 1. The molecule has 2 aliphatic heterocycles. The summed E-state index contributed by atoms with van der Waals surface area (Å²) in [5.74, 6) is 1.86. The number of ether oxygens (including phenoxy) is 4. The molecule has 1 unspecified atom stereocenters. The van der Waals surface area contributed by atoms with Crippen molar-refractivity contribution in [2.75, 3.05) is 35.0 Å². The van der Waals surface area contributed by atoms with Gasteiger partial charge in [-0.2, -0.15) is 0 Å². The molecule has 2 heterocycles. The van der Waals surface area contributed by atoms with E-state index in [1.54, 1.807) is 28.4 Å². The molecule has 0 spiro atoms. The van der Waals surface area contributed by atoms with Gasteiger partial charge in [0, 0.05) is 17.5 Å². The molecule has 2 aromatic carbocycles. The summed E-state index contributed by atoms with van der Waals surface area (Å²) in [5.41, 5.74) is 3.35. The molecule has 0 aliphatic carbocycles. The molecule has 0 aromatic heterocycles. The van der Waals surface area contributed by atoms with Gasteiger partial charge in [0.25, 0.3) is 0 Å². The Labute approximate surface area is 181 Å². The normalized spacial score (nSPS) is 16.5. The van der Waals surface area contributed by atoms with Crippen molar-refractivity contribution in [3.8, 4) is 23.0 Å². The Kier molecular flexibility index (Phi) is 5.67. The number of carboxylic acids is 1. The van der Waals surface area contributed by atoms with Gasteiger partial charge < -0.3 is 29.0 Å². The summed E-state index contributed by atoms with van der Waals surface area (Å²) in [4.78, 5) is 13.7. The molecular weight excluding hydrogens is 398 g/mol. The van der Waals surface area contributed by atoms with Crippen LogP contribution < -0.4 is 29.4 Å². The fraction of sp³-hybridized carbons (Fsp3) is 0.375. The van der Waals surface area contributed by atoms with E-state index in [0.717, 1.165) is 34.7 Å². The molecule has 0 bridgehead atoms. The SMILES string of the molecule is COc1cc2c(cc1OC)C1C=c3cc(OC)c(OC)cc3=C(CCC(=O)O)N1CC2. The average molecular weight is 425 g/mol. The summed E-state index contributed by atoms with van der Waals surface area (Å²) in [7, 11) is 6.49. The molecule has 2 aromatic rings. The van der Waals surface area contributed by atoms with E-state index in [1.165, 1.54) is 5.56 Å². The minimum absolute atomic E-state index is 0.0297. The monoisotopic (exact) mass is 425 g/mol. The first-order valence-electron chi connectivity index (χ1n) is 10.2. The highest BCUT2D eigenvalue weighted by Crippen LogP contribution is 2.41. The van der Waals surface area contributed by atoms with Gasteiger partial charge in [-0.3, -0.25) is 4.79 Å². The van der Waals surface area contributed by atoms with E-state index < -0.39 is 5.97 Å². The summed E-state index contributed by atoms with van der Waals surface area (Å²) in [6, 6.07) is 7.95. The maximum atomic E-state index is 11.4. The molecule has 2 aliphatic rings. The molecule has 31 heavy (non-hydrogen) atoms. The Bertz CT molecular complexity index is 1140. The van der Waals surface area contributed by atoms with Crippen LogP contribution in [0.25, 0.3) is 11.8 Å². The molecule has 0 saturated heterocycles. The Morgan fingerprint density at radius 1 is 0.968 bits per heavy atom. The van der Waals surface area contributed by atoms with E-state index in [-0.39, 0.29) is 12.5 Å². The Balaban J connectivity index is 1.93. The lowest BCUT2D eigenvalue weighted by molar-refractivity contribution is -0.136. The van der Waals surface area contributed by atoms with Crippen molar-refractivity contribution in [3.63, 3.8) is 0 Å². The highest BCUT2D eigenvalue weighted by Gasteiger charge is 2.31. The van der Waals surface area contributed by atoms with Crippen LogP contribution >= 0.6 is 0 Å². The number of nitrogens with zero attached hydrogens (tertiary/aromatic N) is 1. The lowest BCUT2D eigenvalue weighted by Gasteiger charge is -2.41. The third kappa shape index (κ3) is 3.65. The number of aliphatic carboxylic acids is 1. The van der Waals surface area contributed by atoms with Crippen LogP contribution in [-0.4, -0.2) is 51.0 Å². The van der Waals surface area contributed by atoms with Gasteiger partial charge in [-0.1, -0.05) is 0 Å². The van der Waals surface area contributed by atoms with Crippen LogP contribution in [0, 0.1) is 0 Å². The van der Waals surface area contributed by atoms with E-state index in [9.17, 15) is 9.90 Å². The predicted molar refractivity (Wildman–Crippen MR) is 116 cm³/mol. The van der Waals surface area contributed by atoms with Gasteiger partial charge >= 0.3 is 5.97 Å². The molecular formula is C24H27NO6. The van der Waals surface area contributed by atoms with Gasteiger partial charge in [0.1, 0.15) is 0 Å². The number of carboxylic acid groups (broad SMARTS) is 1. The molecule has 0 saturated carbocycles. The lowest BCUT2D eigenvalue weighted by Crippen LogP contribution is -2.44. The molecule has 7 nitrogen and oxygen atoms in total. The lowest BCUT2D eigenvalue weighted by atomic mass is 9.87.